The van der Waals surface area contributed by atoms with E-state index in [1.54, 1.807) is 19.1 Å². The smallest absolute Gasteiger partial charge is 0.261 e. The standard InChI is InChI=1S/C21H26ClNO2/c1-6-20(18-9-7-13(2)11-14(18)3)23-21(24)16(5)25-17-8-10-19(22)15(4)12-17/h7-12,16,20H,6H2,1-5H3,(H,23,24)/t16-,20+/m0/s1. The summed E-state index contributed by atoms with van der Waals surface area (Å²) in [6, 6.07) is 11.7. The van der Waals surface area contributed by atoms with Gasteiger partial charge < -0.3 is 10.1 Å². The molecule has 2 rings (SSSR count). The molecule has 1 amide bonds. The quantitative estimate of drug-likeness (QED) is 0.760. The van der Waals surface area contributed by atoms with E-state index >= 15 is 0 Å². The summed E-state index contributed by atoms with van der Waals surface area (Å²) in [6.45, 7) is 9.88. The number of ether oxygens (including phenoxy) is 1. The van der Waals surface area contributed by atoms with E-state index in [-0.39, 0.29) is 11.9 Å². The second kappa shape index (κ2) is 8.39. The molecule has 0 aliphatic rings. The van der Waals surface area contributed by atoms with E-state index in [0.717, 1.165) is 17.5 Å². The number of rotatable bonds is 6. The summed E-state index contributed by atoms with van der Waals surface area (Å²) in [5.41, 5.74) is 4.48. The van der Waals surface area contributed by atoms with Crippen molar-refractivity contribution in [3.63, 3.8) is 0 Å². The number of aryl methyl sites for hydroxylation is 3. The second-order valence-electron chi connectivity index (χ2n) is 6.50. The molecule has 0 radical (unpaired) electrons. The highest BCUT2D eigenvalue weighted by Crippen LogP contribution is 2.24. The van der Waals surface area contributed by atoms with Crippen LogP contribution < -0.4 is 10.1 Å². The number of hydrogen-bond acceptors (Lipinski definition) is 2. The summed E-state index contributed by atoms with van der Waals surface area (Å²) >= 11 is 6.03. The van der Waals surface area contributed by atoms with Gasteiger partial charge in [-0.25, -0.2) is 0 Å². The number of benzene rings is 2. The first-order chi connectivity index (χ1) is 11.8. The van der Waals surface area contributed by atoms with Crippen molar-refractivity contribution in [2.24, 2.45) is 0 Å². The molecule has 4 heteroatoms. The van der Waals surface area contributed by atoms with Crippen molar-refractivity contribution in [2.45, 2.75) is 53.2 Å². The molecule has 3 nitrogen and oxygen atoms in total. The summed E-state index contributed by atoms with van der Waals surface area (Å²) in [5, 5.41) is 3.78. The van der Waals surface area contributed by atoms with E-state index in [1.165, 1.54) is 11.1 Å². The fourth-order valence-electron chi connectivity index (χ4n) is 2.85. The minimum absolute atomic E-state index is 0.0221. The lowest BCUT2D eigenvalue weighted by Gasteiger charge is -2.22. The van der Waals surface area contributed by atoms with Crippen LogP contribution in [0.15, 0.2) is 36.4 Å². The Morgan fingerprint density at radius 3 is 2.44 bits per heavy atom. The molecule has 0 aliphatic carbocycles. The van der Waals surface area contributed by atoms with Gasteiger partial charge in [0.15, 0.2) is 6.10 Å². The van der Waals surface area contributed by atoms with Gasteiger partial charge >= 0.3 is 0 Å². The van der Waals surface area contributed by atoms with Crippen LogP contribution in [0.5, 0.6) is 5.75 Å². The highest BCUT2D eigenvalue weighted by atomic mass is 35.5. The summed E-state index contributed by atoms with van der Waals surface area (Å²) in [4.78, 5) is 12.6. The van der Waals surface area contributed by atoms with Crippen LogP contribution >= 0.6 is 11.6 Å². The molecule has 0 bridgehead atoms. The minimum Gasteiger partial charge on any atom is -0.481 e. The molecule has 25 heavy (non-hydrogen) atoms. The molecule has 0 spiro atoms. The van der Waals surface area contributed by atoms with Crippen LogP contribution in [0.3, 0.4) is 0 Å². The number of carbonyl (C=O) groups is 1. The van der Waals surface area contributed by atoms with Gasteiger partial charge in [0.2, 0.25) is 0 Å². The molecule has 2 aromatic rings. The molecule has 0 fully saturated rings. The lowest BCUT2D eigenvalue weighted by Crippen LogP contribution is -2.38. The molecule has 0 aromatic heterocycles. The summed E-state index contributed by atoms with van der Waals surface area (Å²) in [7, 11) is 0. The van der Waals surface area contributed by atoms with Gasteiger partial charge in [-0.3, -0.25) is 4.79 Å². The highest BCUT2D eigenvalue weighted by molar-refractivity contribution is 6.31. The molecule has 1 N–H and O–H groups in total. The third-order valence-corrected chi connectivity index (χ3v) is 4.76. The number of nitrogens with one attached hydrogen (secondary N) is 1. The number of amides is 1. The normalized spacial score (nSPS) is 13.2. The molecule has 0 saturated carbocycles. The zero-order valence-electron chi connectivity index (χ0n) is 15.5. The van der Waals surface area contributed by atoms with Crippen LogP contribution in [0.2, 0.25) is 5.02 Å². The second-order valence-corrected chi connectivity index (χ2v) is 6.91. The first kappa shape index (κ1) is 19.3. The van der Waals surface area contributed by atoms with Crippen LogP contribution in [-0.4, -0.2) is 12.0 Å². The van der Waals surface area contributed by atoms with Crippen molar-refractivity contribution < 1.29 is 9.53 Å². The average molecular weight is 360 g/mol. The van der Waals surface area contributed by atoms with Gasteiger partial charge in [0.05, 0.1) is 6.04 Å². The molecule has 0 saturated heterocycles. The molecular formula is C21H26ClNO2. The fraction of sp³-hybridized carbons (Fsp3) is 0.381. The third kappa shape index (κ3) is 4.99. The van der Waals surface area contributed by atoms with E-state index < -0.39 is 6.10 Å². The maximum Gasteiger partial charge on any atom is 0.261 e. The third-order valence-electron chi connectivity index (χ3n) is 4.34. The first-order valence-electron chi connectivity index (χ1n) is 8.62. The molecule has 0 heterocycles. The van der Waals surface area contributed by atoms with Crippen molar-refractivity contribution in [3.05, 3.63) is 63.7 Å². The molecule has 134 valence electrons. The molecule has 0 unspecified atom stereocenters. The zero-order chi connectivity index (χ0) is 18.6. The predicted octanol–water partition coefficient (Wildman–Crippen LogP) is 5.30. The van der Waals surface area contributed by atoms with Crippen molar-refractivity contribution in [3.8, 4) is 5.75 Å². The van der Waals surface area contributed by atoms with Crippen molar-refractivity contribution in [1.29, 1.82) is 0 Å². The lowest BCUT2D eigenvalue weighted by molar-refractivity contribution is -0.128. The maximum absolute atomic E-state index is 12.6. The van der Waals surface area contributed by atoms with Crippen molar-refractivity contribution >= 4 is 17.5 Å². The van der Waals surface area contributed by atoms with Crippen LogP contribution in [-0.2, 0) is 4.79 Å². The van der Waals surface area contributed by atoms with Gasteiger partial charge in [-0.2, -0.15) is 0 Å². The fourth-order valence-corrected chi connectivity index (χ4v) is 2.97. The zero-order valence-corrected chi connectivity index (χ0v) is 16.3. The van der Waals surface area contributed by atoms with E-state index in [4.69, 9.17) is 16.3 Å². The largest absolute Gasteiger partial charge is 0.481 e. The van der Waals surface area contributed by atoms with Gasteiger partial charge in [-0.1, -0.05) is 42.3 Å². The Labute approximate surface area is 155 Å². The van der Waals surface area contributed by atoms with Gasteiger partial charge in [-0.05, 0) is 69.0 Å². The molecule has 0 aliphatic heterocycles. The minimum atomic E-state index is -0.583. The van der Waals surface area contributed by atoms with Crippen LogP contribution in [0.1, 0.15) is 48.6 Å². The number of halogens is 1. The van der Waals surface area contributed by atoms with Crippen LogP contribution in [0, 0.1) is 20.8 Å². The van der Waals surface area contributed by atoms with Gasteiger partial charge in [-0.15, -0.1) is 0 Å². The Morgan fingerprint density at radius 1 is 1.12 bits per heavy atom. The Bertz CT molecular complexity index is 758. The van der Waals surface area contributed by atoms with Gasteiger partial charge in [0.25, 0.3) is 5.91 Å². The van der Waals surface area contributed by atoms with Crippen molar-refractivity contribution in [2.75, 3.05) is 0 Å². The highest BCUT2D eigenvalue weighted by Gasteiger charge is 2.20. The lowest BCUT2D eigenvalue weighted by atomic mass is 9.97. The van der Waals surface area contributed by atoms with E-state index in [0.29, 0.717) is 10.8 Å². The first-order valence-corrected chi connectivity index (χ1v) is 9.00. The summed E-state index contributed by atoms with van der Waals surface area (Å²) < 4.78 is 5.77. The molecular weight excluding hydrogens is 334 g/mol. The Hall–Kier alpha value is -2.00. The Kier molecular flexibility index (Phi) is 6.49. The predicted molar refractivity (Wildman–Crippen MR) is 103 cm³/mol. The van der Waals surface area contributed by atoms with Crippen LogP contribution in [0.4, 0.5) is 0 Å². The maximum atomic E-state index is 12.6. The van der Waals surface area contributed by atoms with E-state index in [1.807, 2.05) is 13.0 Å². The van der Waals surface area contributed by atoms with Gasteiger partial charge in [0, 0.05) is 5.02 Å². The molecule has 2 atom stereocenters. The van der Waals surface area contributed by atoms with Crippen molar-refractivity contribution in [1.82, 2.24) is 5.32 Å². The SMILES string of the molecule is CC[C@@H](NC(=O)[C@H](C)Oc1ccc(Cl)c(C)c1)c1ccc(C)cc1C. The summed E-state index contributed by atoms with van der Waals surface area (Å²) in [6.07, 6.45) is 0.239. The molecule has 2 aromatic carbocycles. The topological polar surface area (TPSA) is 38.3 Å². The number of hydrogen-bond donors (Lipinski definition) is 1. The number of carbonyl (C=O) groups excluding carboxylic acids is 1. The van der Waals surface area contributed by atoms with Crippen LogP contribution in [0.25, 0.3) is 0 Å². The Balaban J connectivity index is 2.06. The van der Waals surface area contributed by atoms with E-state index in [9.17, 15) is 4.79 Å². The summed E-state index contributed by atoms with van der Waals surface area (Å²) in [5.74, 6) is 0.517. The Morgan fingerprint density at radius 2 is 1.84 bits per heavy atom. The van der Waals surface area contributed by atoms with Gasteiger partial charge in [0.1, 0.15) is 5.75 Å². The monoisotopic (exact) mass is 359 g/mol. The van der Waals surface area contributed by atoms with E-state index in [2.05, 4.69) is 44.3 Å². The average Bonchev–Trinajstić information content (AvgIpc) is 2.56.